The molecular formula is C21H26N2O5S. The predicted octanol–water partition coefficient (Wildman–Crippen LogP) is 3.24. The second kappa shape index (κ2) is 8.02. The number of hydrogen-bond acceptors (Lipinski definition) is 5. The topological polar surface area (TPSA) is 96.7 Å². The van der Waals surface area contributed by atoms with Crippen molar-refractivity contribution in [2.24, 2.45) is 0 Å². The minimum Gasteiger partial charge on any atom is -0.459 e. The Balaban J connectivity index is 1.71. The van der Waals surface area contributed by atoms with Gasteiger partial charge in [-0.25, -0.2) is 8.42 Å². The molecule has 0 radical (unpaired) electrons. The molecular weight excluding hydrogens is 392 g/mol. The maximum Gasteiger partial charge on any atom is 0.290 e. The van der Waals surface area contributed by atoms with Crippen molar-refractivity contribution in [2.75, 3.05) is 11.9 Å². The van der Waals surface area contributed by atoms with Gasteiger partial charge in [0.1, 0.15) is 6.04 Å². The van der Waals surface area contributed by atoms with Crippen LogP contribution in [0.3, 0.4) is 0 Å². The molecule has 8 heteroatoms. The third-order valence-electron chi connectivity index (χ3n) is 5.03. The molecule has 1 aliphatic heterocycles. The number of nitrogens with zero attached hydrogens (tertiary/aromatic N) is 1. The first kappa shape index (κ1) is 21.1. The predicted molar refractivity (Wildman–Crippen MR) is 110 cm³/mol. The van der Waals surface area contributed by atoms with Crippen LogP contribution in [0, 0.1) is 0 Å². The van der Waals surface area contributed by atoms with E-state index in [0.717, 1.165) is 6.42 Å². The van der Waals surface area contributed by atoms with Gasteiger partial charge in [0.25, 0.3) is 5.91 Å². The number of furan rings is 1. The third kappa shape index (κ3) is 4.70. The van der Waals surface area contributed by atoms with Crippen LogP contribution in [-0.2, 0) is 20.4 Å². The molecule has 0 bridgehead atoms. The fourth-order valence-corrected chi connectivity index (χ4v) is 4.28. The smallest absolute Gasteiger partial charge is 0.290 e. The molecule has 2 amide bonds. The van der Waals surface area contributed by atoms with Crippen molar-refractivity contribution in [1.82, 2.24) is 4.90 Å². The van der Waals surface area contributed by atoms with Gasteiger partial charge in [-0.3, -0.25) is 9.59 Å². The highest BCUT2D eigenvalue weighted by atomic mass is 32.2. The molecule has 1 aromatic carbocycles. The molecule has 0 spiro atoms. The number of carbonyl (C=O) groups is 2. The Morgan fingerprint density at radius 3 is 2.62 bits per heavy atom. The summed E-state index contributed by atoms with van der Waals surface area (Å²) in [4.78, 5) is 26.9. The van der Waals surface area contributed by atoms with Crippen molar-refractivity contribution in [2.45, 2.75) is 50.2 Å². The van der Waals surface area contributed by atoms with Crippen molar-refractivity contribution in [3.8, 4) is 0 Å². The Labute approximate surface area is 171 Å². The first-order valence-corrected chi connectivity index (χ1v) is 11.2. The van der Waals surface area contributed by atoms with Gasteiger partial charge in [0.05, 0.1) is 16.8 Å². The Morgan fingerprint density at radius 1 is 1.21 bits per heavy atom. The standard InChI is InChI=1S/C21H26N2O5S/c1-21(2,3)29(26,27)14-15-7-4-8-16(13-15)22-19(24)17-9-5-11-23(17)20(25)18-10-6-12-28-18/h4,6-8,10,12-13,17H,5,9,11,14H2,1-3H3,(H,22,24)/t17-/m0/s1. The van der Waals surface area contributed by atoms with E-state index >= 15 is 0 Å². The average molecular weight is 419 g/mol. The molecule has 1 N–H and O–H groups in total. The Bertz CT molecular complexity index is 990. The zero-order valence-electron chi connectivity index (χ0n) is 16.8. The van der Waals surface area contributed by atoms with Crippen molar-refractivity contribution in [1.29, 1.82) is 0 Å². The van der Waals surface area contributed by atoms with E-state index in [4.69, 9.17) is 4.42 Å². The number of likely N-dealkylation sites (tertiary alicyclic amines) is 1. The van der Waals surface area contributed by atoms with Crippen LogP contribution in [0.15, 0.2) is 47.1 Å². The summed E-state index contributed by atoms with van der Waals surface area (Å²) in [6.07, 6.45) is 2.72. The van der Waals surface area contributed by atoms with E-state index in [0.29, 0.717) is 24.2 Å². The SMILES string of the molecule is CC(C)(C)S(=O)(=O)Cc1cccc(NC(=O)[C@@H]2CCCN2C(=O)c2ccco2)c1. The Kier molecular flexibility index (Phi) is 5.84. The summed E-state index contributed by atoms with van der Waals surface area (Å²) >= 11 is 0. The first-order valence-electron chi connectivity index (χ1n) is 9.55. The van der Waals surface area contributed by atoms with E-state index in [2.05, 4.69) is 5.32 Å². The number of benzene rings is 1. The van der Waals surface area contributed by atoms with E-state index in [1.165, 1.54) is 11.2 Å². The summed E-state index contributed by atoms with van der Waals surface area (Å²) in [7, 11) is -3.33. The van der Waals surface area contributed by atoms with Crippen LogP contribution in [0.25, 0.3) is 0 Å². The fourth-order valence-electron chi connectivity index (χ4n) is 3.22. The molecule has 1 aromatic heterocycles. The number of carbonyl (C=O) groups excluding carboxylic acids is 2. The normalized spacial score (nSPS) is 17.3. The highest BCUT2D eigenvalue weighted by molar-refractivity contribution is 7.91. The molecule has 0 unspecified atom stereocenters. The molecule has 3 rings (SSSR count). The maximum atomic E-state index is 12.8. The molecule has 7 nitrogen and oxygen atoms in total. The summed E-state index contributed by atoms with van der Waals surface area (Å²) in [6, 6.07) is 9.43. The van der Waals surface area contributed by atoms with Gasteiger partial charge in [0.15, 0.2) is 15.6 Å². The van der Waals surface area contributed by atoms with Gasteiger partial charge >= 0.3 is 0 Å². The van der Waals surface area contributed by atoms with E-state index in [9.17, 15) is 18.0 Å². The summed E-state index contributed by atoms with van der Waals surface area (Å²) in [5, 5.41) is 2.82. The summed E-state index contributed by atoms with van der Waals surface area (Å²) in [5.74, 6) is -0.498. The lowest BCUT2D eigenvalue weighted by atomic mass is 10.1. The second-order valence-corrected chi connectivity index (χ2v) is 10.9. The van der Waals surface area contributed by atoms with Crippen molar-refractivity contribution >= 4 is 27.3 Å². The largest absolute Gasteiger partial charge is 0.459 e. The molecule has 2 heterocycles. The average Bonchev–Trinajstić information content (AvgIpc) is 3.32. The fraction of sp³-hybridized carbons (Fsp3) is 0.429. The van der Waals surface area contributed by atoms with Gasteiger partial charge in [-0.15, -0.1) is 0 Å². The molecule has 1 fully saturated rings. The lowest BCUT2D eigenvalue weighted by molar-refractivity contribution is -0.119. The zero-order chi connectivity index (χ0) is 21.2. The molecule has 156 valence electrons. The quantitative estimate of drug-likeness (QED) is 0.804. The van der Waals surface area contributed by atoms with E-state index in [-0.39, 0.29) is 23.3 Å². The molecule has 1 aliphatic rings. The molecule has 29 heavy (non-hydrogen) atoms. The summed E-state index contributed by atoms with van der Waals surface area (Å²) < 4.78 is 29.2. The van der Waals surface area contributed by atoms with Gasteiger partial charge < -0.3 is 14.6 Å². The molecule has 0 saturated carbocycles. The van der Waals surface area contributed by atoms with Crippen molar-refractivity contribution in [3.05, 3.63) is 54.0 Å². The zero-order valence-corrected chi connectivity index (χ0v) is 17.7. The Hall–Kier alpha value is -2.61. The van der Waals surface area contributed by atoms with Gasteiger partial charge in [-0.1, -0.05) is 12.1 Å². The van der Waals surface area contributed by atoms with E-state index in [1.54, 1.807) is 57.2 Å². The number of hydrogen-bond donors (Lipinski definition) is 1. The monoisotopic (exact) mass is 418 g/mol. The van der Waals surface area contributed by atoms with Crippen molar-refractivity contribution in [3.63, 3.8) is 0 Å². The van der Waals surface area contributed by atoms with Crippen LogP contribution in [0.5, 0.6) is 0 Å². The van der Waals surface area contributed by atoms with Crippen molar-refractivity contribution < 1.29 is 22.4 Å². The molecule has 2 aromatic rings. The van der Waals surface area contributed by atoms with Crippen LogP contribution in [-0.4, -0.2) is 42.5 Å². The van der Waals surface area contributed by atoms with Gasteiger partial charge in [-0.2, -0.15) is 0 Å². The molecule has 1 saturated heterocycles. The highest BCUT2D eigenvalue weighted by Gasteiger charge is 2.35. The van der Waals surface area contributed by atoms with Crippen LogP contribution < -0.4 is 5.32 Å². The van der Waals surface area contributed by atoms with E-state index in [1.807, 2.05) is 0 Å². The van der Waals surface area contributed by atoms with Gasteiger partial charge in [0.2, 0.25) is 5.91 Å². The summed E-state index contributed by atoms with van der Waals surface area (Å²) in [6.45, 7) is 5.48. The Morgan fingerprint density at radius 2 is 1.97 bits per heavy atom. The lowest BCUT2D eigenvalue weighted by Crippen LogP contribution is -2.43. The number of sulfone groups is 1. The van der Waals surface area contributed by atoms with Crippen LogP contribution in [0.4, 0.5) is 5.69 Å². The minimum absolute atomic E-state index is 0.104. The lowest BCUT2D eigenvalue weighted by Gasteiger charge is -2.23. The van der Waals surface area contributed by atoms with Gasteiger partial charge in [-0.05, 0) is 63.4 Å². The van der Waals surface area contributed by atoms with Crippen LogP contribution >= 0.6 is 0 Å². The van der Waals surface area contributed by atoms with Crippen LogP contribution in [0.1, 0.15) is 49.7 Å². The second-order valence-electron chi connectivity index (χ2n) is 8.19. The third-order valence-corrected chi connectivity index (χ3v) is 7.61. The van der Waals surface area contributed by atoms with E-state index < -0.39 is 20.6 Å². The summed E-state index contributed by atoms with van der Waals surface area (Å²) in [5.41, 5.74) is 1.11. The van der Waals surface area contributed by atoms with Gasteiger partial charge in [0, 0.05) is 12.2 Å². The number of nitrogens with one attached hydrogen (secondary N) is 1. The minimum atomic E-state index is -3.33. The highest BCUT2D eigenvalue weighted by Crippen LogP contribution is 2.24. The number of amides is 2. The molecule has 1 atom stereocenters. The number of rotatable bonds is 5. The molecule has 0 aliphatic carbocycles. The first-order chi connectivity index (χ1) is 13.6. The van der Waals surface area contributed by atoms with Crippen LogP contribution in [0.2, 0.25) is 0 Å². The number of anilines is 1. The maximum absolute atomic E-state index is 12.8.